The van der Waals surface area contributed by atoms with Gasteiger partial charge >= 0.3 is 6.09 Å². The lowest BCUT2D eigenvalue weighted by Crippen LogP contribution is -2.35. The molecule has 1 unspecified atom stereocenters. The molecule has 4 nitrogen and oxygen atoms in total. The largest absolute Gasteiger partial charge is 0.444 e. The molecule has 1 rings (SSSR count). The fraction of sp³-hybridized carbons (Fsp3) is 0.385. The quantitative estimate of drug-likeness (QED) is 0.860. The van der Waals surface area contributed by atoms with Crippen LogP contribution < -0.4 is 5.32 Å². The third kappa shape index (κ3) is 4.31. The molecule has 0 aromatic heterocycles. The summed E-state index contributed by atoms with van der Waals surface area (Å²) in [7, 11) is 0. The molecule has 19 heavy (non-hydrogen) atoms. The average molecular weight is 271 g/mol. The Hall–Kier alpha value is -1.98. The van der Waals surface area contributed by atoms with Crippen LogP contribution >= 0.6 is 0 Å². The number of carbonyl (C=O) groups is 2. The first-order valence-electron chi connectivity index (χ1n) is 5.63. The molecule has 1 atom stereocenters. The lowest BCUT2D eigenvalue weighted by Gasteiger charge is -2.21. The van der Waals surface area contributed by atoms with Gasteiger partial charge in [-0.25, -0.2) is 13.6 Å². The van der Waals surface area contributed by atoms with Crippen LogP contribution in [0.2, 0.25) is 0 Å². The molecule has 0 spiro atoms. The fourth-order valence-corrected chi connectivity index (χ4v) is 1.38. The summed E-state index contributed by atoms with van der Waals surface area (Å²) < 4.78 is 31.5. The SMILES string of the molecule is CC(C)(C)OC(=O)NC(C=O)c1cccc(F)c1F. The molecule has 0 bridgehead atoms. The smallest absolute Gasteiger partial charge is 0.408 e. The van der Waals surface area contributed by atoms with E-state index in [-0.39, 0.29) is 5.56 Å². The normalized spacial score (nSPS) is 12.7. The minimum absolute atomic E-state index is 0.249. The molecule has 0 aliphatic carbocycles. The summed E-state index contributed by atoms with van der Waals surface area (Å²) in [4.78, 5) is 22.4. The summed E-state index contributed by atoms with van der Waals surface area (Å²) in [5.74, 6) is -2.26. The third-order valence-corrected chi connectivity index (χ3v) is 2.12. The Morgan fingerprint density at radius 2 is 2.00 bits per heavy atom. The van der Waals surface area contributed by atoms with Gasteiger partial charge in [0.2, 0.25) is 0 Å². The van der Waals surface area contributed by atoms with Gasteiger partial charge in [0.05, 0.1) is 0 Å². The van der Waals surface area contributed by atoms with Crippen molar-refractivity contribution in [3.8, 4) is 0 Å². The first-order chi connectivity index (χ1) is 8.74. The zero-order chi connectivity index (χ0) is 14.6. The number of hydrogen-bond acceptors (Lipinski definition) is 3. The number of amides is 1. The zero-order valence-corrected chi connectivity index (χ0v) is 10.9. The van der Waals surface area contributed by atoms with Crippen molar-refractivity contribution in [1.29, 1.82) is 0 Å². The van der Waals surface area contributed by atoms with E-state index < -0.39 is 29.4 Å². The Kier molecular flexibility index (Phi) is 4.58. The van der Waals surface area contributed by atoms with Gasteiger partial charge in [0.25, 0.3) is 0 Å². The van der Waals surface area contributed by atoms with Crippen molar-refractivity contribution in [2.45, 2.75) is 32.4 Å². The van der Waals surface area contributed by atoms with Gasteiger partial charge in [0, 0.05) is 5.56 Å². The van der Waals surface area contributed by atoms with Crippen LogP contribution in [0, 0.1) is 11.6 Å². The topological polar surface area (TPSA) is 55.4 Å². The molecule has 0 aliphatic rings. The van der Waals surface area contributed by atoms with E-state index in [9.17, 15) is 18.4 Å². The maximum Gasteiger partial charge on any atom is 0.408 e. The molecule has 0 heterocycles. The van der Waals surface area contributed by atoms with Crippen LogP contribution in [0.4, 0.5) is 13.6 Å². The third-order valence-electron chi connectivity index (χ3n) is 2.12. The molecule has 1 aromatic rings. The Morgan fingerprint density at radius 3 is 2.53 bits per heavy atom. The van der Waals surface area contributed by atoms with E-state index in [4.69, 9.17) is 4.74 Å². The summed E-state index contributed by atoms with van der Waals surface area (Å²) in [6.07, 6.45) is -0.574. The Balaban J connectivity index is 2.87. The number of nitrogens with one attached hydrogen (secondary N) is 1. The van der Waals surface area contributed by atoms with Crippen LogP contribution in [0.25, 0.3) is 0 Å². The second-order valence-corrected chi connectivity index (χ2v) is 4.90. The Labute approximate surface area is 109 Å². The summed E-state index contributed by atoms with van der Waals surface area (Å²) in [5, 5.41) is 2.17. The molecule has 0 fully saturated rings. The van der Waals surface area contributed by atoms with E-state index in [1.54, 1.807) is 20.8 Å². The molecule has 0 saturated heterocycles. The Bertz CT molecular complexity index is 483. The van der Waals surface area contributed by atoms with Gasteiger partial charge < -0.3 is 14.8 Å². The fourth-order valence-electron chi connectivity index (χ4n) is 1.38. The number of rotatable bonds is 3. The molecular weight excluding hydrogens is 256 g/mol. The van der Waals surface area contributed by atoms with E-state index in [2.05, 4.69) is 5.32 Å². The number of benzene rings is 1. The first-order valence-corrected chi connectivity index (χ1v) is 5.63. The van der Waals surface area contributed by atoms with Crippen molar-refractivity contribution in [2.75, 3.05) is 0 Å². The number of alkyl carbamates (subject to hydrolysis) is 1. The van der Waals surface area contributed by atoms with Crippen LogP contribution in [0.15, 0.2) is 18.2 Å². The highest BCUT2D eigenvalue weighted by Crippen LogP contribution is 2.18. The van der Waals surface area contributed by atoms with Gasteiger partial charge in [-0.15, -0.1) is 0 Å². The molecule has 1 N–H and O–H groups in total. The van der Waals surface area contributed by atoms with Crippen LogP contribution in [-0.4, -0.2) is 18.0 Å². The van der Waals surface area contributed by atoms with Crippen molar-refractivity contribution >= 4 is 12.4 Å². The molecule has 0 saturated carbocycles. The van der Waals surface area contributed by atoms with E-state index in [1.807, 2.05) is 0 Å². The van der Waals surface area contributed by atoms with Gasteiger partial charge in [-0.1, -0.05) is 12.1 Å². The van der Waals surface area contributed by atoms with Crippen molar-refractivity contribution in [3.63, 3.8) is 0 Å². The van der Waals surface area contributed by atoms with Crippen LogP contribution in [-0.2, 0) is 9.53 Å². The van der Waals surface area contributed by atoms with Gasteiger partial charge in [-0.05, 0) is 26.8 Å². The maximum absolute atomic E-state index is 13.5. The van der Waals surface area contributed by atoms with Crippen molar-refractivity contribution < 1.29 is 23.1 Å². The van der Waals surface area contributed by atoms with Crippen LogP contribution in [0.1, 0.15) is 32.4 Å². The minimum atomic E-state index is -1.30. The molecule has 104 valence electrons. The molecule has 1 amide bonds. The number of carbonyl (C=O) groups excluding carboxylic acids is 2. The predicted octanol–water partition coefficient (Wildman–Crippen LogP) is 2.73. The van der Waals surface area contributed by atoms with Gasteiger partial charge in [-0.2, -0.15) is 0 Å². The maximum atomic E-state index is 13.5. The van der Waals surface area contributed by atoms with Crippen molar-refractivity contribution in [1.82, 2.24) is 5.32 Å². The van der Waals surface area contributed by atoms with E-state index in [0.29, 0.717) is 6.29 Å². The summed E-state index contributed by atoms with van der Waals surface area (Å²) in [6.45, 7) is 4.93. The number of halogens is 2. The highest BCUT2D eigenvalue weighted by molar-refractivity contribution is 5.74. The standard InChI is InChI=1S/C13H15F2NO3/c1-13(2,3)19-12(18)16-10(7-17)8-5-4-6-9(14)11(8)15/h4-7,10H,1-3H3,(H,16,18). The molecule has 0 radical (unpaired) electrons. The monoisotopic (exact) mass is 271 g/mol. The van der Waals surface area contributed by atoms with Crippen LogP contribution in [0.5, 0.6) is 0 Å². The minimum Gasteiger partial charge on any atom is -0.444 e. The second-order valence-electron chi connectivity index (χ2n) is 4.90. The highest BCUT2D eigenvalue weighted by atomic mass is 19.2. The lowest BCUT2D eigenvalue weighted by molar-refractivity contribution is -0.109. The van der Waals surface area contributed by atoms with E-state index >= 15 is 0 Å². The zero-order valence-electron chi connectivity index (χ0n) is 10.9. The van der Waals surface area contributed by atoms with E-state index in [0.717, 1.165) is 6.07 Å². The highest BCUT2D eigenvalue weighted by Gasteiger charge is 2.23. The molecule has 1 aromatic carbocycles. The molecular formula is C13H15F2NO3. The molecule has 6 heteroatoms. The van der Waals surface area contributed by atoms with Gasteiger partial charge in [0.15, 0.2) is 11.6 Å². The van der Waals surface area contributed by atoms with Crippen molar-refractivity contribution in [3.05, 3.63) is 35.4 Å². The van der Waals surface area contributed by atoms with Crippen LogP contribution in [0.3, 0.4) is 0 Å². The predicted molar refractivity (Wildman–Crippen MR) is 64.5 cm³/mol. The average Bonchev–Trinajstić information content (AvgIpc) is 2.27. The number of aldehydes is 1. The van der Waals surface area contributed by atoms with Gasteiger partial charge in [-0.3, -0.25) is 0 Å². The van der Waals surface area contributed by atoms with Crippen molar-refractivity contribution in [2.24, 2.45) is 0 Å². The number of hydrogen-bond donors (Lipinski definition) is 1. The van der Waals surface area contributed by atoms with Gasteiger partial charge in [0.1, 0.15) is 17.9 Å². The summed E-state index contributed by atoms with van der Waals surface area (Å²) in [5.41, 5.74) is -1.00. The second kappa shape index (κ2) is 5.77. The van der Waals surface area contributed by atoms with E-state index in [1.165, 1.54) is 12.1 Å². The summed E-state index contributed by atoms with van der Waals surface area (Å²) >= 11 is 0. The lowest BCUT2D eigenvalue weighted by atomic mass is 10.1. The number of ether oxygens (including phenoxy) is 1. The first kappa shape index (κ1) is 15.1. The summed E-state index contributed by atoms with van der Waals surface area (Å²) in [6, 6.07) is 2.09. The Morgan fingerprint density at radius 1 is 1.37 bits per heavy atom. The molecule has 0 aliphatic heterocycles.